The van der Waals surface area contributed by atoms with Crippen LogP contribution in [0.3, 0.4) is 0 Å². The van der Waals surface area contributed by atoms with Crippen LogP contribution in [0.2, 0.25) is 0 Å². The maximum Gasteiger partial charge on any atom is 0.185 e. The third-order valence-electron chi connectivity index (χ3n) is 5.81. The molecule has 4 aromatic rings. The Labute approximate surface area is 167 Å². The Bertz CT molecular complexity index is 1200. The van der Waals surface area contributed by atoms with Crippen molar-refractivity contribution in [1.82, 2.24) is 30.0 Å². The number of nitrogens with zero attached hydrogens (tertiary/aromatic N) is 6. The summed E-state index contributed by atoms with van der Waals surface area (Å²) in [5.41, 5.74) is 3.98. The van der Waals surface area contributed by atoms with Gasteiger partial charge in [-0.3, -0.25) is 5.10 Å². The topological polar surface area (TPSA) is 84.2 Å². The molecule has 2 aliphatic rings. The van der Waals surface area contributed by atoms with Gasteiger partial charge in [-0.25, -0.2) is 0 Å². The van der Waals surface area contributed by atoms with E-state index in [9.17, 15) is 0 Å². The van der Waals surface area contributed by atoms with Gasteiger partial charge in [-0.2, -0.15) is 9.61 Å². The second kappa shape index (κ2) is 6.25. The molecule has 1 N–H and O–H groups in total. The van der Waals surface area contributed by atoms with Crippen LogP contribution in [0.5, 0.6) is 0 Å². The standard InChI is InChI=1S/C21H23N7O/c1-12-10-27(11-13(2)29-12)19-8-7-18-23-25-21(28(18)26-19)15-5-6-17-16(9-15)20(24-22-17)14-3-4-14/h5-9,12-14H,3-4,10-11H2,1-2H3,(H,22,24)/t12-,13+. The summed E-state index contributed by atoms with van der Waals surface area (Å²) in [6, 6.07) is 10.3. The summed E-state index contributed by atoms with van der Waals surface area (Å²) in [6.45, 7) is 5.85. The van der Waals surface area contributed by atoms with Gasteiger partial charge in [0.2, 0.25) is 0 Å². The fourth-order valence-electron chi connectivity index (χ4n) is 4.33. The van der Waals surface area contributed by atoms with Gasteiger partial charge in [0, 0.05) is 30.0 Å². The van der Waals surface area contributed by atoms with Gasteiger partial charge in [0.05, 0.1) is 23.4 Å². The molecule has 2 atom stereocenters. The Balaban J connectivity index is 1.43. The van der Waals surface area contributed by atoms with Crippen molar-refractivity contribution in [2.24, 2.45) is 0 Å². The highest BCUT2D eigenvalue weighted by molar-refractivity contribution is 5.86. The summed E-state index contributed by atoms with van der Waals surface area (Å²) >= 11 is 0. The summed E-state index contributed by atoms with van der Waals surface area (Å²) in [6.07, 6.45) is 2.81. The Hall–Kier alpha value is -3.00. The van der Waals surface area contributed by atoms with Gasteiger partial charge in [0.25, 0.3) is 0 Å². The molecular formula is C21H23N7O. The van der Waals surface area contributed by atoms with Crippen LogP contribution in [0.4, 0.5) is 5.82 Å². The third kappa shape index (κ3) is 2.86. The predicted octanol–water partition coefficient (Wildman–Crippen LogP) is 3.16. The minimum atomic E-state index is 0.181. The van der Waals surface area contributed by atoms with Crippen LogP contribution >= 0.6 is 0 Å². The number of H-pyrrole nitrogens is 1. The Morgan fingerprint density at radius 2 is 1.86 bits per heavy atom. The van der Waals surface area contributed by atoms with Gasteiger partial charge in [-0.15, -0.1) is 15.3 Å². The molecule has 0 bridgehead atoms. The molecule has 1 aliphatic carbocycles. The molecule has 29 heavy (non-hydrogen) atoms. The van der Waals surface area contributed by atoms with Gasteiger partial charge in [-0.1, -0.05) is 0 Å². The summed E-state index contributed by atoms with van der Waals surface area (Å²) in [7, 11) is 0. The molecule has 4 heterocycles. The fourth-order valence-corrected chi connectivity index (χ4v) is 4.33. The minimum Gasteiger partial charge on any atom is -0.372 e. The van der Waals surface area contributed by atoms with E-state index in [-0.39, 0.29) is 12.2 Å². The normalized spacial score (nSPS) is 22.6. The summed E-state index contributed by atoms with van der Waals surface area (Å²) in [5.74, 6) is 2.26. The zero-order valence-corrected chi connectivity index (χ0v) is 16.5. The number of aromatic nitrogens is 6. The first kappa shape index (κ1) is 16.9. The molecule has 0 spiro atoms. The number of anilines is 1. The molecule has 1 saturated carbocycles. The highest BCUT2D eigenvalue weighted by atomic mass is 16.5. The van der Waals surface area contributed by atoms with Crippen molar-refractivity contribution in [3.05, 3.63) is 36.0 Å². The number of benzene rings is 1. The molecule has 0 amide bonds. The summed E-state index contributed by atoms with van der Waals surface area (Å²) in [5, 5.41) is 22.5. The van der Waals surface area contributed by atoms with E-state index in [1.54, 1.807) is 0 Å². The molecule has 6 rings (SSSR count). The van der Waals surface area contributed by atoms with E-state index in [1.165, 1.54) is 23.9 Å². The number of hydrogen-bond donors (Lipinski definition) is 1. The molecule has 1 saturated heterocycles. The van der Waals surface area contributed by atoms with E-state index in [4.69, 9.17) is 9.84 Å². The molecule has 2 fully saturated rings. The Kier molecular flexibility index (Phi) is 3.64. The average molecular weight is 389 g/mol. The van der Waals surface area contributed by atoms with Gasteiger partial charge < -0.3 is 9.64 Å². The van der Waals surface area contributed by atoms with E-state index in [0.29, 0.717) is 5.92 Å². The largest absolute Gasteiger partial charge is 0.372 e. The minimum absolute atomic E-state index is 0.181. The fraction of sp³-hybridized carbons (Fsp3) is 0.429. The molecule has 8 heteroatoms. The summed E-state index contributed by atoms with van der Waals surface area (Å²) in [4.78, 5) is 2.27. The molecule has 1 aromatic carbocycles. The molecule has 8 nitrogen and oxygen atoms in total. The van der Waals surface area contributed by atoms with Crippen LogP contribution in [0.25, 0.3) is 27.9 Å². The van der Waals surface area contributed by atoms with Crippen LogP contribution in [-0.4, -0.2) is 55.3 Å². The Morgan fingerprint density at radius 1 is 1.03 bits per heavy atom. The van der Waals surface area contributed by atoms with Gasteiger partial charge in [-0.05, 0) is 57.0 Å². The molecule has 0 unspecified atom stereocenters. The molecule has 3 aromatic heterocycles. The van der Waals surface area contributed by atoms with Crippen LogP contribution in [0, 0.1) is 0 Å². The van der Waals surface area contributed by atoms with Crippen molar-refractivity contribution in [3.8, 4) is 11.4 Å². The van der Waals surface area contributed by atoms with E-state index in [1.807, 2.05) is 16.6 Å². The van der Waals surface area contributed by atoms with Crippen LogP contribution in [-0.2, 0) is 4.74 Å². The van der Waals surface area contributed by atoms with Crippen molar-refractivity contribution in [3.63, 3.8) is 0 Å². The molecule has 148 valence electrons. The van der Waals surface area contributed by atoms with Crippen LogP contribution < -0.4 is 4.90 Å². The van der Waals surface area contributed by atoms with Gasteiger partial charge in [0.1, 0.15) is 5.82 Å². The van der Waals surface area contributed by atoms with Crippen molar-refractivity contribution in [2.45, 2.75) is 44.8 Å². The Morgan fingerprint density at radius 3 is 2.66 bits per heavy atom. The number of nitrogens with one attached hydrogen (secondary N) is 1. The zero-order valence-electron chi connectivity index (χ0n) is 16.5. The lowest BCUT2D eigenvalue weighted by Gasteiger charge is -2.35. The van der Waals surface area contributed by atoms with Gasteiger partial charge in [0.15, 0.2) is 11.5 Å². The maximum atomic E-state index is 5.86. The third-order valence-corrected chi connectivity index (χ3v) is 5.81. The lowest BCUT2D eigenvalue weighted by atomic mass is 10.1. The maximum absolute atomic E-state index is 5.86. The second-order valence-corrected chi connectivity index (χ2v) is 8.29. The first-order valence-corrected chi connectivity index (χ1v) is 10.3. The average Bonchev–Trinajstić information content (AvgIpc) is 3.33. The highest BCUT2D eigenvalue weighted by Crippen LogP contribution is 2.42. The van der Waals surface area contributed by atoms with Crippen LogP contribution in [0.1, 0.15) is 38.3 Å². The van der Waals surface area contributed by atoms with E-state index < -0.39 is 0 Å². The lowest BCUT2D eigenvalue weighted by molar-refractivity contribution is -0.00551. The molecule has 1 aliphatic heterocycles. The van der Waals surface area contributed by atoms with E-state index >= 15 is 0 Å². The van der Waals surface area contributed by atoms with E-state index in [0.717, 1.165) is 41.5 Å². The number of ether oxygens (including phenoxy) is 1. The van der Waals surface area contributed by atoms with Crippen molar-refractivity contribution < 1.29 is 4.74 Å². The summed E-state index contributed by atoms with van der Waals surface area (Å²) < 4.78 is 7.71. The van der Waals surface area contributed by atoms with Crippen molar-refractivity contribution >= 4 is 22.4 Å². The number of hydrogen-bond acceptors (Lipinski definition) is 6. The second-order valence-electron chi connectivity index (χ2n) is 8.29. The monoisotopic (exact) mass is 389 g/mol. The molecular weight excluding hydrogens is 366 g/mol. The first-order valence-electron chi connectivity index (χ1n) is 10.3. The SMILES string of the molecule is C[C@@H]1CN(c2ccc3nnc(-c4ccc5[nH]nc(C6CC6)c5c4)n3n2)C[C@H](C)O1. The number of rotatable bonds is 3. The number of morpholine rings is 1. The molecule has 0 radical (unpaired) electrons. The van der Waals surface area contributed by atoms with Crippen molar-refractivity contribution in [1.29, 1.82) is 0 Å². The van der Waals surface area contributed by atoms with Gasteiger partial charge >= 0.3 is 0 Å². The highest BCUT2D eigenvalue weighted by Gasteiger charge is 2.28. The zero-order chi connectivity index (χ0) is 19.5. The van der Waals surface area contributed by atoms with Crippen molar-refractivity contribution in [2.75, 3.05) is 18.0 Å². The smallest absolute Gasteiger partial charge is 0.185 e. The quantitative estimate of drug-likeness (QED) is 0.579. The number of aromatic amines is 1. The number of fused-ring (bicyclic) bond motifs is 2. The van der Waals surface area contributed by atoms with E-state index in [2.05, 4.69) is 57.3 Å². The van der Waals surface area contributed by atoms with Crippen LogP contribution in [0.15, 0.2) is 30.3 Å². The first-order chi connectivity index (χ1) is 14.2. The lowest BCUT2D eigenvalue weighted by Crippen LogP contribution is -2.46. The predicted molar refractivity (Wildman–Crippen MR) is 110 cm³/mol.